The number of carbonyl (C=O) groups excluding carboxylic acids is 2. The molecule has 0 bridgehead atoms. The Labute approximate surface area is 199 Å². The molecule has 1 N–H and O–H groups in total. The molecule has 0 aromatic heterocycles. The number of carbonyl (C=O) groups is 2. The van der Waals surface area contributed by atoms with Crippen LogP contribution in [0.15, 0.2) is 43.0 Å². The number of benzene rings is 2. The minimum atomic E-state index is -0.627. The number of fused-ring (bicyclic) bond motifs is 1. The molecule has 1 fully saturated rings. The first-order valence-corrected chi connectivity index (χ1v) is 11.3. The first-order chi connectivity index (χ1) is 15.0. The topological polar surface area (TPSA) is 52.7 Å². The Hall–Kier alpha value is -2.50. The van der Waals surface area contributed by atoms with Crippen molar-refractivity contribution in [1.29, 1.82) is 0 Å². The molecule has 1 atom stereocenters. The van der Waals surface area contributed by atoms with E-state index >= 15 is 0 Å². The number of nitrogens with one attached hydrogen (secondary N) is 1. The summed E-state index contributed by atoms with van der Waals surface area (Å²) >= 11 is 13.2. The van der Waals surface area contributed by atoms with Gasteiger partial charge in [-0.3, -0.25) is 9.59 Å². The lowest BCUT2D eigenvalue weighted by Gasteiger charge is -2.34. The van der Waals surface area contributed by atoms with Gasteiger partial charge in [0, 0.05) is 31.5 Å². The molecule has 0 unspecified atom stereocenters. The maximum atomic E-state index is 12.7. The Morgan fingerprint density at radius 1 is 1.16 bits per heavy atom. The van der Waals surface area contributed by atoms with Gasteiger partial charge < -0.3 is 15.1 Å². The lowest BCUT2D eigenvalue weighted by Crippen LogP contribution is -2.40. The van der Waals surface area contributed by atoms with Crippen LogP contribution in [0.25, 0.3) is 0 Å². The zero-order valence-electron chi connectivity index (χ0n) is 18.8. The standard InChI is InChI=1S/C25H27Cl2N3O2/c1-6-20(31)30-12-11-25(14-30,18-9-7-15(2)21(26)22(18)27)28-16-8-10-17-19(13-16)29(5)23(32)24(17,3)4/h6-10,13,28H,1,11-12,14H2,2-5H3/t25-/m0/s1. The lowest BCUT2D eigenvalue weighted by molar-refractivity contribution is -0.125. The minimum absolute atomic E-state index is 0.0661. The highest BCUT2D eigenvalue weighted by molar-refractivity contribution is 6.43. The molecule has 5 nitrogen and oxygen atoms in total. The van der Waals surface area contributed by atoms with E-state index in [1.165, 1.54) is 6.08 Å². The number of aryl methyl sites for hydroxylation is 1. The van der Waals surface area contributed by atoms with Crippen LogP contribution >= 0.6 is 23.2 Å². The zero-order chi connectivity index (χ0) is 23.4. The number of nitrogens with zero attached hydrogens (tertiary/aromatic N) is 2. The van der Waals surface area contributed by atoms with Crippen LogP contribution < -0.4 is 10.2 Å². The highest BCUT2D eigenvalue weighted by atomic mass is 35.5. The maximum absolute atomic E-state index is 12.7. The first kappa shape index (κ1) is 22.7. The van der Waals surface area contributed by atoms with E-state index in [2.05, 4.69) is 11.9 Å². The minimum Gasteiger partial charge on any atom is -0.374 e. The number of anilines is 2. The molecule has 0 aliphatic carbocycles. The third-order valence-electron chi connectivity index (χ3n) is 6.80. The highest BCUT2D eigenvalue weighted by Gasteiger charge is 2.45. The number of hydrogen-bond donors (Lipinski definition) is 1. The van der Waals surface area contributed by atoms with Gasteiger partial charge in [-0.15, -0.1) is 0 Å². The molecule has 168 valence electrons. The average molecular weight is 472 g/mol. The van der Waals surface area contributed by atoms with E-state index in [-0.39, 0.29) is 11.8 Å². The lowest BCUT2D eigenvalue weighted by atomic mass is 9.85. The van der Waals surface area contributed by atoms with E-state index in [9.17, 15) is 9.59 Å². The fourth-order valence-electron chi connectivity index (χ4n) is 4.87. The SMILES string of the molecule is C=CC(=O)N1CC[C@@](Nc2ccc3c(c2)N(C)C(=O)C3(C)C)(c2ccc(C)c(Cl)c2Cl)C1. The average Bonchev–Trinajstić information content (AvgIpc) is 3.26. The van der Waals surface area contributed by atoms with Crippen LogP contribution in [0.1, 0.15) is 37.0 Å². The van der Waals surface area contributed by atoms with Gasteiger partial charge in [-0.2, -0.15) is 0 Å². The van der Waals surface area contributed by atoms with Crippen LogP contribution in [0.5, 0.6) is 0 Å². The monoisotopic (exact) mass is 471 g/mol. The van der Waals surface area contributed by atoms with Crippen LogP contribution in [0.3, 0.4) is 0 Å². The molecule has 4 rings (SSSR count). The van der Waals surface area contributed by atoms with Crippen LogP contribution in [0, 0.1) is 6.92 Å². The van der Waals surface area contributed by atoms with E-state index < -0.39 is 11.0 Å². The quantitative estimate of drug-likeness (QED) is 0.616. The van der Waals surface area contributed by atoms with Gasteiger partial charge >= 0.3 is 0 Å². The normalized spacial score (nSPS) is 21.6. The van der Waals surface area contributed by atoms with E-state index in [0.717, 1.165) is 28.1 Å². The summed E-state index contributed by atoms with van der Waals surface area (Å²) in [7, 11) is 1.80. The van der Waals surface area contributed by atoms with E-state index in [4.69, 9.17) is 23.2 Å². The summed E-state index contributed by atoms with van der Waals surface area (Å²) in [5.74, 6) is -0.0552. The molecule has 0 spiro atoms. The number of likely N-dealkylation sites (tertiary alicyclic amines) is 1. The Balaban J connectivity index is 1.79. The Kier molecular flexibility index (Phi) is 5.54. The predicted octanol–water partition coefficient (Wildman–Crippen LogP) is 5.28. The second kappa shape index (κ2) is 7.82. The summed E-state index contributed by atoms with van der Waals surface area (Å²) in [6.07, 6.45) is 1.99. The maximum Gasteiger partial charge on any atom is 0.246 e. The van der Waals surface area contributed by atoms with Crippen LogP contribution in [-0.4, -0.2) is 36.9 Å². The van der Waals surface area contributed by atoms with Gasteiger partial charge in [0.25, 0.3) is 0 Å². The molecule has 7 heteroatoms. The third-order valence-corrected chi connectivity index (χ3v) is 7.78. The van der Waals surface area contributed by atoms with Crippen molar-refractivity contribution < 1.29 is 9.59 Å². The molecule has 1 saturated heterocycles. The predicted molar refractivity (Wildman–Crippen MR) is 131 cm³/mol. The number of rotatable bonds is 4. The molecular weight excluding hydrogens is 445 g/mol. The van der Waals surface area contributed by atoms with Crippen molar-refractivity contribution in [2.75, 3.05) is 30.4 Å². The first-order valence-electron chi connectivity index (χ1n) is 10.6. The van der Waals surface area contributed by atoms with Gasteiger partial charge in [-0.25, -0.2) is 0 Å². The summed E-state index contributed by atoms with van der Waals surface area (Å²) in [5.41, 5.74) is 3.28. The van der Waals surface area contributed by atoms with Gasteiger partial charge in [-0.05, 0) is 62.1 Å². The van der Waals surface area contributed by atoms with Crippen molar-refractivity contribution in [2.24, 2.45) is 0 Å². The van der Waals surface area contributed by atoms with E-state index in [0.29, 0.717) is 29.6 Å². The second-order valence-electron chi connectivity index (χ2n) is 9.20. The Bertz CT molecular complexity index is 1140. The Morgan fingerprint density at radius 3 is 2.53 bits per heavy atom. The molecule has 2 heterocycles. The fraction of sp³-hybridized carbons (Fsp3) is 0.360. The molecule has 0 radical (unpaired) electrons. The van der Waals surface area contributed by atoms with Gasteiger partial charge in [0.05, 0.1) is 21.0 Å². The summed E-state index contributed by atoms with van der Waals surface area (Å²) in [6.45, 7) is 10.4. The van der Waals surface area contributed by atoms with Crippen molar-refractivity contribution in [3.8, 4) is 0 Å². The summed E-state index contributed by atoms with van der Waals surface area (Å²) < 4.78 is 0. The fourth-order valence-corrected chi connectivity index (χ4v) is 5.43. The molecule has 2 aromatic rings. The van der Waals surface area contributed by atoms with Gasteiger partial charge in [0.1, 0.15) is 0 Å². The van der Waals surface area contributed by atoms with Crippen LogP contribution in [-0.2, 0) is 20.5 Å². The third kappa shape index (κ3) is 3.39. The van der Waals surface area contributed by atoms with Crippen LogP contribution in [0.4, 0.5) is 11.4 Å². The molecular formula is C25H27Cl2N3O2. The van der Waals surface area contributed by atoms with Crippen molar-refractivity contribution in [3.63, 3.8) is 0 Å². The van der Waals surface area contributed by atoms with Crippen molar-refractivity contribution >= 4 is 46.4 Å². The molecule has 2 aliphatic heterocycles. The van der Waals surface area contributed by atoms with Crippen molar-refractivity contribution in [2.45, 2.75) is 38.1 Å². The van der Waals surface area contributed by atoms with Crippen molar-refractivity contribution in [3.05, 3.63) is 69.7 Å². The highest BCUT2D eigenvalue weighted by Crippen LogP contribution is 2.45. The number of amides is 2. The van der Waals surface area contributed by atoms with Gasteiger partial charge in [0.15, 0.2) is 0 Å². The number of hydrogen-bond acceptors (Lipinski definition) is 3. The summed E-state index contributed by atoms with van der Waals surface area (Å²) in [6, 6.07) is 9.90. The van der Waals surface area contributed by atoms with Gasteiger partial charge in [0.2, 0.25) is 11.8 Å². The van der Waals surface area contributed by atoms with Gasteiger partial charge in [-0.1, -0.05) is 48.0 Å². The summed E-state index contributed by atoms with van der Waals surface area (Å²) in [4.78, 5) is 28.5. The molecule has 2 amide bonds. The smallest absolute Gasteiger partial charge is 0.246 e. The van der Waals surface area contributed by atoms with Crippen LogP contribution in [0.2, 0.25) is 10.0 Å². The zero-order valence-corrected chi connectivity index (χ0v) is 20.3. The molecule has 0 saturated carbocycles. The number of likely N-dealkylation sites (N-methyl/N-ethyl adjacent to an activating group) is 1. The Morgan fingerprint density at radius 2 is 1.84 bits per heavy atom. The van der Waals surface area contributed by atoms with Crippen molar-refractivity contribution in [1.82, 2.24) is 4.90 Å². The van der Waals surface area contributed by atoms with E-state index in [1.54, 1.807) is 16.8 Å². The van der Waals surface area contributed by atoms with E-state index in [1.807, 2.05) is 51.1 Å². The second-order valence-corrected chi connectivity index (χ2v) is 9.96. The molecule has 32 heavy (non-hydrogen) atoms. The largest absolute Gasteiger partial charge is 0.374 e. The molecule has 2 aliphatic rings. The summed E-state index contributed by atoms with van der Waals surface area (Å²) in [5, 5.41) is 4.65. The number of halogens is 2. The molecule has 2 aromatic carbocycles.